The van der Waals surface area contributed by atoms with Gasteiger partial charge in [0.05, 0.1) is 24.1 Å². The van der Waals surface area contributed by atoms with Crippen LogP contribution in [0.15, 0.2) is 66.7 Å². The normalized spacial score (nSPS) is 14.8. The maximum absolute atomic E-state index is 13.7. The van der Waals surface area contributed by atoms with Gasteiger partial charge in [0.25, 0.3) is 5.91 Å². The fourth-order valence-electron chi connectivity index (χ4n) is 4.82. The van der Waals surface area contributed by atoms with Gasteiger partial charge in [-0.05, 0) is 62.7 Å². The molecule has 1 aliphatic heterocycles. The van der Waals surface area contributed by atoms with Crippen LogP contribution in [-0.2, 0) is 6.54 Å². The lowest BCUT2D eigenvalue weighted by Gasteiger charge is -2.38. The van der Waals surface area contributed by atoms with Crippen molar-refractivity contribution in [3.8, 4) is 5.75 Å². The lowest BCUT2D eigenvalue weighted by atomic mass is 10.0. The molecule has 1 atom stereocenters. The van der Waals surface area contributed by atoms with E-state index < -0.39 is 11.1 Å². The number of anilines is 2. The van der Waals surface area contributed by atoms with Crippen LogP contribution in [0.2, 0.25) is 0 Å². The van der Waals surface area contributed by atoms with Crippen molar-refractivity contribution >= 4 is 23.0 Å². The lowest BCUT2D eigenvalue weighted by Crippen LogP contribution is -2.43. The summed E-state index contributed by atoms with van der Waals surface area (Å²) in [6, 6.07) is 21.0. The minimum atomic E-state index is -0.482. The average Bonchev–Trinajstić information content (AvgIpc) is 3.17. The molecule has 4 aromatic rings. The van der Waals surface area contributed by atoms with Crippen LogP contribution < -0.4 is 15.0 Å². The summed E-state index contributed by atoms with van der Waals surface area (Å²) in [5.41, 5.74) is 5.70. The van der Waals surface area contributed by atoms with Crippen LogP contribution in [0.3, 0.4) is 0 Å². The number of ether oxygens (including phenoxy) is 1. The molecule has 37 heavy (non-hydrogen) atoms. The van der Waals surface area contributed by atoms with Gasteiger partial charge in [-0.2, -0.15) is 5.10 Å². The number of aromatic nitrogens is 2. The fourth-order valence-corrected chi connectivity index (χ4v) is 4.82. The maximum atomic E-state index is 13.7. The summed E-state index contributed by atoms with van der Waals surface area (Å²) in [6.07, 6.45) is -0.482. The molecule has 188 valence electrons. The Bertz CT molecular complexity index is 1510. The van der Waals surface area contributed by atoms with Crippen molar-refractivity contribution in [2.24, 2.45) is 0 Å². The van der Waals surface area contributed by atoms with Gasteiger partial charge in [-0.1, -0.05) is 35.9 Å². The Hall–Kier alpha value is -4.66. The third kappa shape index (κ3) is 4.29. The summed E-state index contributed by atoms with van der Waals surface area (Å²) < 4.78 is 7.22. The second-order valence-electron chi connectivity index (χ2n) is 9.11. The molecule has 9 heteroatoms. The molecular weight excluding hydrogens is 470 g/mol. The van der Waals surface area contributed by atoms with Crippen LogP contribution in [0, 0.1) is 30.9 Å². The van der Waals surface area contributed by atoms with Gasteiger partial charge in [0.15, 0.2) is 0 Å². The van der Waals surface area contributed by atoms with Gasteiger partial charge >= 0.3 is 5.69 Å². The minimum absolute atomic E-state index is 0.0109. The molecule has 5 rings (SSSR count). The fraction of sp³-hybridized carbons (Fsp3) is 0.214. The topological polar surface area (TPSA) is 103 Å². The number of hydrogen-bond acceptors (Lipinski definition) is 6. The zero-order valence-electron chi connectivity index (χ0n) is 21.1. The van der Waals surface area contributed by atoms with Gasteiger partial charge in [0.1, 0.15) is 23.3 Å². The number of benzene rings is 3. The Morgan fingerprint density at radius 1 is 1.05 bits per heavy atom. The largest absolute Gasteiger partial charge is 0.496 e. The van der Waals surface area contributed by atoms with Crippen molar-refractivity contribution < 1.29 is 14.5 Å². The van der Waals surface area contributed by atoms with Gasteiger partial charge in [0, 0.05) is 16.9 Å². The third-order valence-electron chi connectivity index (χ3n) is 6.71. The number of fused-ring (bicyclic) bond motifs is 1. The molecule has 0 bridgehead atoms. The first-order chi connectivity index (χ1) is 17.8. The first kappa shape index (κ1) is 24.1. The minimum Gasteiger partial charge on any atom is -0.496 e. The molecule has 1 aromatic heterocycles. The Kier molecular flexibility index (Phi) is 6.12. The number of amides is 1. The van der Waals surface area contributed by atoms with Crippen molar-refractivity contribution in [1.29, 1.82) is 0 Å². The van der Waals surface area contributed by atoms with Crippen molar-refractivity contribution in [3.05, 3.63) is 110 Å². The van der Waals surface area contributed by atoms with Crippen LogP contribution in [-0.4, -0.2) is 27.7 Å². The van der Waals surface area contributed by atoms with Crippen molar-refractivity contribution in [2.45, 2.75) is 33.5 Å². The van der Waals surface area contributed by atoms with Crippen LogP contribution in [0.1, 0.15) is 44.6 Å². The zero-order chi connectivity index (χ0) is 26.3. The molecule has 1 amide bonds. The second-order valence-corrected chi connectivity index (χ2v) is 9.11. The third-order valence-corrected chi connectivity index (χ3v) is 6.71. The molecule has 0 fully saturated rings. The number of methoxy groups -OCH3 is 1. The van der Waals surface area contributed by atoms with E-state index in [2.05, 4.69) is 10.4 Å². The molecule has 9 nitrogen and oxygen atoms in total. The van der Waals surface area contributed by atoms with Crippen LogP contribution in [0.4, 0.5) is 17.1 Å². The number of nitrogens with zero attached hydrogens (tertiary/aromatic N) is 4. The average molecular weight is 498 g/mol. The lowest BCUT2D eigenvalue weighted by molar-refractivity contribution is -0.386. The Morgan fingerprint density at radius 3 is 2.46 bits per heavy atom. The summed E-state index contributed by atoms with van der Waals surface area (Å²) >= 11 is 0. The second kappa shape index (κ2) is 9.42. The highest BCUT2D eigenvalue weighted by atomic mass is 16.6. The van der Waals surface area contributed by atoms with E-state index >= 15 is 0 Å². The smallest absolute Gasteiger partial charge is 0.312 e. The maximum Gasteiger partial charge on any atom is 0.312 e. The van der Waals surface area contributed by atoms with E-state index in [0.29, 0.717) is 22.7 Å². The Balaban J connectivity index is 1.60. The van der Waals surface area contributed by atoms with E-state index in [0.717, 1.165) is 28.1 Å². The number of nitrogens with one attached hydrogen (secondary N) is 1. The predicted octanol–water partition coefficient (Wildman–Crippen LogP) is 5.54. The molecule has 2 heterocycles. The standard InChI is InChI=1S/C28H27N5O4/c1-17-9-12-22(13-10-17)32-27(29-24-8-6-5-7-23(24)28(32)34)20-11-14-25(37-4)21(15-20)16-31-19(3)26(33(35)36)18(2)30-31/h5-15,27,29H,16H2,1-4H3/t27-/m0/s1. The molecule has 1 aliphatic rings. The summed E-state index contributed by atoms with van der Waals surface area (Å²) in [7, 11) is 1.58. The number of carbonyl (C=O) groups excluding carboxylic acids is 1. The van der Waals surface area contributed by atoms with Crippen molar-refractivity contribution in [1.82, 2.24) is 9.78 Å². The molecule has 0 unspecified atom stereocenters. The number of aryl methyl sites for hydroxylation is 2. The van der Waals surface area contributed by atoms with E-state index in [1.165, 1.54) is 0 Å². The molecule has 0 spiro atoms. The number of hydrogen-bond donors (Lipinski definition) is 1. The quantitative estimate of drug-likeness (QED) is 0.277. The molecule has 0 saturated carbocycles. The summed E-state index contributed by atoms with van der Waals surface area (Å²) in [4.78, 5) is 26.6. The summed E-state index contributed by atoms with van der Waals surface area (Å²) in [6.45, 7) is 5.60. The molecule has 0 saturated heterocycles. The highest BCUT2D eigenvalue weighted by Gasteiger charge is 2.34. The van der Waals surface area contributed by atoms with E-state index in [-0.39, 0.29) is 18.1 Å². The Morgan fingerprint density at radius 2 is 1.78 bits per heavy atom. The van der Waals surface area contributed by atoms with Gasteiger partial charge < -0.3 is 10.1 Å². The van der Waals surface area contributed by atoms with E-state index in [1.54, 1.807) is 30.5 Å². The zero-order valence-corrected chi connectivity index (χ0v) is 21.1. The van der Waals surface area contributed by atoms with Gasteiger partial charge in [-0.25, -0.2) is 0 Å². The molecule has 1 N–H and O–H groups in total. The van der Waals surface area contributed by atoms with Gasteiger partial charge in [-0.15, -0.1) is 0 Å². The SMILES string of the molecule is COc1ccc([C@H]2Nc3ccccc3C(=O)N2c2ccc(C)cc2)cc1Cn1nc(C)c([N+](=O)[O-])c1C. The number of rotatable bonds is 6. The van der Waals surface area contributed by atoms with Crippen molar-refractivity contribution in [3.63, 3.8) is 0 Å². The van der Waals surface area contributed by atoms with Crippen LogP contribution in [0.25, 0.3) is 0 Å². The highest BCUT2D eigenvalue weighted by molar-refractivity contribution is 6.12. The van der Waals surface area contributed by atoms with Crippen LogP contribution >= 0.6 is 0 Å². The van der Waals surface area contributed by atoms with Crippen LogP contribution in [0.5, 0.6) is 5.75 Å². The van der Waals surface area contributed by atoms with Gasteiger partial charge in [-0.3, -0.25) is 24.5 Å². The van der Waals surface area contributed by atoms with E-state index in [9.17, 15) is 14.9 Å². The molecular formula is C28H27N5O4. The number of nitro groups is 1. The summed E-state index contributed by atoms with van der Waals surface area (Å²) in [5.74, 6) is 0.526. The van der Waals surface area contributed by atoms with E-state index in [1.807, 2.05) is 73.7 Å². The first-order valence-corrected chi connectivity index (χ1v) is 11.9. The number of para-hydroxylation sites is 1. The molecule has 3 aromatic carbocycles. The number of carbonyl (C=O) groups is 1. The molecule has 0 aliphatic carbocycles. The summed E-state index contributed by atoms with van der Waals surface area (Å²) in [5, 5.41) is 19.4. The van der Waals surface area contributed by atoms with Crippen molar-refractivity contribution in [2.75, 3.05) is 17.3 Å². The highest BCUT2D eigenvalue weighted by Crippen LogP contribution is 2.38. The monoisotopic (exact) mass is 497 g/mol. The molecule has 0 radical (unpaired) electrons. The predicted molar refractivity (Wildman–Crippen MR) is 141 cm³/mol. The van der Waals surface area contributed by atoms with E-state index in [4.69, 9.17) is 4.74 Å². The van der Waals surface area contributed by atoms with Gasteiger partial charge in [0.2, 0.25) is 0 Å². The first-order valence-electron chi connectivity index (χ1n) is 11.9. The Labute approximate surface area is 214 Å².